The summed E-state index contributed by atoms with van der Waals surface area (Å²) < 4.78 is 11.3. The summed E-state index contributed by atoms with van der Waals surface area (Å²) >= 11 is 0. The van der Waals surface area contributed by atoms with Crippen LogP contribution in [-0.4, -0.2) is 27.3 Å². The van der Waals surface area contributed by atoms with Gasteiger partial charge in [-0.15, -0.1) is 0 Å². The summed E-state index contributed by atoms with van der Waals surface area (Å²) in [6, 6.07) is 4.39. The molecule has 1 aliphatic rings. The van der Waals surface area contributed by atoms with Gasteiger partial charge in [-0.3, -0.25) is 0 Å². The molecule has 1 aromatic carbocycles. The van der Waals surface area contributed by atoms with Crippen molar-refractivity contribution in [2.24, 2.45) is 0 Å². The lowest BCUT2D eigenvalue weighted by Gasteiger charge is -2.18. The molecule has 0 heterocycles. The Kier molecular flexibility index (Phi) is 6.37. The molecule has 0 atom stereocenters. The third-order valence-electron chi connectivity index (χ3n) is 4.43. The van der Waals surface area contributed by atoms with Gasteiger partial charge in [-0.2, -0.15) is 0 Å². The van der Waals surface area contributed by atoms with Crippen molar-refractivity contribution in [2.45, 2.75) is 51.4 Å². The van der Waals surface area contributed by atoms with Crippen molar-refractivity contribution in [1.29, 1.82) is 0 Å². The van der Waals surface area contributed by atoms with E-state index in [0.717, 1.165) is 31.0 Å². The number of ether oxygens (including phenoxy) is 2. The second-order valence-electron chi connectivity index (χ2n) is 5.89. The van der Waals surface area contributed by atoms with Crippen LogP contribution in [-0.2, 0) is 6.42 Å². The topological polar surface area (TPSA) is 30.5 Å². The quantitative estimate of drug-likeness (QED) is 0.737. The molecular formula is C18H29NO2. The van der Waals surface area contributed by atoms with Crippen LogP contribution in [0.5, 0.6) is 11.5 Å². The first-order chi connectivity index (χ1) is 10.3. The van der Waals surface area contributed by atoms with E-state index in [1.165, 1.54) is 43.2 Å². The number of benzene rings is 1. The molecule has 0 bridgehead atoms. The molecule has 1 fully saturated rings. The minimum absolute atomic E-state index is 0.640. The van der Waals surface area contributed by atoms with Crippen LogP contribution >= 0.6 is 0 Å². The predicted molar refractivity (Wildman–Crippen MR) is 87.6 cm³/mol. The van der Waals surface area contributed by atoms with E-state index >= 15 is 0 Å². The standard InChI is InChI=1S/C18H29NO2/c1-4-10-19-11-9-15-12-18(21-3)16(13-17(15)20-2)14-7-5-6-8-14/h12-14,19H,4-11H2,1-3H3. The van der Waals surface area contributed by atoms with Gasteiger partial charge in [-0.25, -0.2) is 0 Å². The maximum atomic E-state index is 5.65. The largest absolute Gasteiger partial charge is 0.496 e. The third kappa shape index (κ3) is 4.13. The molecular weight excluding hydrogens is 262 g/mol. The monoisotopic (exact) mass is 291 g/mol. The molecule has 1 aromatic rings. The van der Waals surface area contributed by atoms with Crippen LogP contribution in [0.3, 0.4) is 0 Å². The molecule has 21 heavy (non-hydrogen) atoms. The highest BCUT2D eigenvalue weighted by molar-refractivity contribution is 5.48. The number of nitrogens with one attached hydrogen (secondary N) is 1. The Balaban J connectivity index is 2.16. The molecule has 0 spiro atoms. The van der Waals surface area contributed by atoms with Gasteiger partial charge in [-0.1, -0.05) is 19.8 Å². The van der Waals surface area contributed by atoms with Crippen LogP contribution in [0, 0.1) is 0 Å². The van der Waals surface area contributed by atoms with Crippen LogP contribution in [0.1, 0.15) is 56.1 Å². The maximum absolute atomic E-state index is 5.65. The van der Waals surface area contributed by atoms with Gasteiger partial charge >= 0.3 is 0 Å². The van der Waals surface area contributed by atoms with Gasteiger partial charge in [-0.05, 0) is 62.4 Å². The van der Waals surface area contributed by atoms with Crippen LogP contribution in [0.25, 0.3) is 0 Å². The summed E-state index contributed by atoms with van der Waals surface area (Å²) in [5.41, 5.74) is 2.57. The fourth-order valence-electron chi connectivity index (χ4n) is 3.26. The molecule has 3 nitrogen and oxygen atoms in total. The molecule has 118 valence electrons. The van der Waals surface area contributed by atoms with Crippen LogP contribution in [0.15, 0.2) is 12.1 Å². The lowest BCUT2D eigenvalue weighted by Crippen LogP contribution is -2.18. The molecule has 2 rings (SSSR count). The Morgan fingerprint density at radius 1 is 1.05 bits per heavy atom. The lowest BCUT2D eigenvalue weighted by molar-refractivity contribution is 0.391. The van der Waals surface area contributed by atoms with Crippen molar-refractivity contribution in [3.63, 3.8) is 0 Å². The Bertz CT molecular complexity index is 439. The summed E-state index contributed by atoms with van der Waals surface area (Å²) in [7, 11) is 3.54. The minimum atomic E-state index is 0.640. The first-order valence-corrected chi connectivity index (χ1v) is 8.25. The van der Waals surface area contributed by atoms with E-state index in [1.807, 2.05) is 0 Å². The molecule has 3 heteroatoms. The molecule has 1 N–H and O–H groups in total. The smallest absolute Gasteiger partial charge is 0.122 e. The molecule has 0 aromatic heterocycles. The molecule has 0 amide bonds. The Morgan fingerprint density at radius 2 is 1.76 bits per heavy atom. The number of rotatable bonds is 8. The number of hydrogen-bond donors (Lipinski definition) is 1. The van der Waals surface area contributed by atoms with Crippen molar-refractivity contribution in [2.75, 3.05) is 27.3 Å². The van der Waals surface area contributed by atoms with Crippen LogP contribution in [0.2, 0.25) is 0 Å². The molecule has 0 unspecified atom stereocenters. The average Bonchev–Trinajstić information content (AvgIpc) is 3.05. The van der Waals surface area contributed by atoms with Crippen LogP contribution < -0.4 is 14.8 Å². The van der Waals surface area contributed by atoms with E-state index < -0.39 is 0 Å². The van der Waals surface area contributed by atoms with Gasteiger partial charge in [0, 0.05) is 5.56 Å². The van der Waals surface area contributed by atoms with Crippen molar-refractivity contribution in [1.82, 2.24) is 5.32 Å². The fourth-order valence-corrected chi connectivity index (χ4v) is 3.26. The Morgan fingerprint density at radius 3 is 2.38 bits per heavy atom. The van der Waals surface area contributed by atoms with E-state index in [2.05, 4.69) is 24.4 Å². The summed E-state index contributed by atoms with van der Waals surface area (Å²) in [4.78, 5) is 0. The van der Waals surface area contributed by atoms with Gasteiger partial charge in [0.2, 0.25) is 0 Å². The zero-order valence-corrected chi connectivity index (χ0v) is 13.7. The second-order valence-corrected chi connectivity index (χ2v) is 5.89. The lowest BCUT2D eigenvalue weighted by atomic mass is 9.94. The third-order valence-corrected chi connectivity index (χ3v) is 4.43. The highest BCUT2D eigenvalue weighted by Gasteiger charge is 2.22. The Hall–Kier alpha value is -1.22. The van der Waals surface area contributed by atoms with Gasteiger partial charge in [0.15, 0.2) is 0 Å². The normalized spacial score (nSPS) is 15.4. The van der Waals surface area contributed by atoms with Gasteiger partial charge < -0.3 is 14.8 Å². The van der Waals surface area contributed by atoms with Crippen LogP contribution in [0.4, 0.5) is 0 Å². The average molecular weight is 291 g/mol. The molecule has 1 saturated carbocycles. The van der Waals surface area contributed by atoms with E-state index in [1.54, 1.807) is 14.2 Å². The summed E-state index contributed by atoms with van der Waals surface area (Å²) in [5, 5.41) is 3.45. The predicted octanol–water partition coefficient (Wildman–Crippen LogP) is 3.90. The maximum Gasteiger partial charge on any atom is 0.122 e. The van der Waals surface area contributed by atoms with E-state index in [0.29, 0.717) is 5.92 Å². The van der Waals surface area contributed by atoms with Gasteiger partial charge in [0.05, 0.1) is 14.2 Å². The van der Waals surface area contributed by atoms with Gasteiger partial charge in [0.1, 0.15) is 11.5 Å². The number of hydrogen-bond acceptors (Lipinski definition) is 3. The molecule has 1 aliphatic carbocycles. The van der Waals surface area contributed by atoms with Gasteiger partial charge in [0.25, 0.3) is 0 Å². The zero-order valence-electron chi connectivity index (χ0n) is 13.7. The van der Waals surface area contributed by atoms with E-state index in [-0.39, 0.29) is 0 Å². The van der Waals surface area contributed by atoms with Crippen molar-refractivity contribution < 1.29 is 9.47 Å². The highest BCUT2D eigenvalue weighted by atomic mass is 16.5. The summed E-state index contributed by atoms with van der Waals surface area (Å²) in [6.45, 7) is 4.24. The van der Waals surface area contributed by atoms with E-state index in [9.17, 15) is 0 Å². The SMILES string of the molecule is CCCNCCc1cc(OC)c(C2CCCC2)cc1OC. The molecule has 0 radical (unpaired) electrons. The first kappa shape index (κ1) is 16.2. The Labute approximate surface area is 129 Å². The molecule has 0 aliphatic heterocycles. The van der Waals surface area contributed by atoms with E-state index in [4.69, 9.17) is 9.47 Å². The van der Waals surface area contributed by atoms with Crippen molar-refractivity contribution >= 4 is 0 Å². The minimum Gasteiger partial charge on any atom is -0.496 e. The number of methoxy groups -OCH3 is 2. The second kappa shape index (κ2) is 8.28. The highest BCUT2D eigenvalue weighted by Crippen LogP contribution is 2.41. The van der Waals surface area contributed by atoms with Crippen molar-refractivity contribution in [3.05, 3.63) is 23.3 Å². The fraction of sp³-hybridized carbons (Fsp3) is 0.667. The van der Waals surface area contributed by atoms with Crippen molar-refractivity contribution in [3.8, 4) is 11.5 Å². The molecule has 0 saturated heterocycles. The zero-order chi connectivity index (χ0) is 15.1. The summed E-state index contributed by atoms with van der Waals surface area (Å²) in [5.74, 6) is 2.69. The summed E-state index contributed by atoms with van der Waals surface area (Å²) in [6.07, 6.45) is 7.36. The first-order valence-electron chi connectivity index (χ1n) is 8.25.